The Morgan fingerprint density at radius 2 is 1.97 bits per heavy atom. The molecule has 0 fully saturated rings. The minimum atomic E-state index is -0.978. The SMILES string of the molecule is C=Cc1cccc(C(C(=O)NCCCC)N(CCO)C(=O)C(C)NC(=O)OC(C)(C)C)c1. The Labute approximate surface area is 191 Å². The number of aliphatic hydroxyl groups is 1. The molecule has 1 aromatic carbocycles. The van der Waals surface area contributed by atoms with Gasteiger partial charge in [0.05, 0.1) is 6.61 Å². The topological polar surface area (TPSA) is 108 Å². The summed E-state index contributed by atoms with van der Waals surface area (Å²) in [6.45, 7) is 12.5. The van der Waals surface area contributed by atoms with Crippen molar-refractivity contribution in [3.8, 4) is 0 Å². The zero-order valence-electron chi connectivity index (χ0n) is 19.8. The van der Waals surface area contributed by atoms with E-state index in [-0.39, 0.29) is 19.1 Å². The highest BCUT2D eigenvalue weighted by molar-refractivity contribution is 5.92. The Morgan fingerprint density at radius 1 is 1.28 bits per heavy atom. The third-order valence-corrected chi connectivity index (χ3v) is 4.58. The molecule has 0 saturated carbocycles. The van der Waals surface area contributed by atoms with E-state index in [0.29, 0.717) is 12.1 Å². The number of hydrogen-bond acceptors (Lipinski definition) is 5. The summed E-state index contributed by atoms with van der Waals surface area (Å²) in [6, 6.07) is 5.21. The van der Waals surface area contributed by atoms with Crippen molar-refractivity contribution < 1.29 is 24.2 Å². The third kappa shape index (κ3) is 8.70. The Morgan fingerprint density at radius 3 is 2.53 bits per heavy atom. The van der Waals surface area contributed by atoms with Crippen LogP contribution in [0.2, 0.25) is 0 Å². The average molecular weight is 448 g/mol. The van der Waals surface area contributed by atoms with Gasteiger partial charge in [0.25, 0.3) is 0 Å². The summed E-state index contributed by atoms with van der Waals surface area (Å²) >= 11 is 0. The van der Waals surface area contributed by atoms with E-state index in [1.807, 2.05) is 13.0 Å². The molecule has 0 bridgehead atoms. The van der Waals surface area contributed by atoms with Crippen molar-refractivity contribution in [2.45, 2.75) is 65.1 Å². The van der Waals surface area contributed by atoms with Gasteiger partial charge in [-0.25, -0.2) is 4.79 Å². The van der Waals surface area contributed by atoms with Gasteiger partial charge < -0.3 is 25.4 Å². The van der Waals surface area contributed by atoms with Crippen LogP contribution >= 0.6 is 0 Å². The molecule has 8 nitrogen and oxygen atoms in total. The van der Waals surface area contributed by atoms with Gasteiger partial charge in [0.2, 0.25) is 11.8 Å². The van der Waals surface area contributed by atoms with Crippen LogP contribution < -0.4 is 10.6 Å². The zero-order valence-corrected chi connectivity index (χ0v) is 19.8. The third-order valence-electron chi connectivity index (χ3n) is 4.58. The van der Waals surface area contributed by atoms with Crippen molar-refractivity contribution in [3.63, 3.8) is 0 Å². The summed E-state index contributed by atoms with van der Waals surface area (Å²) in [4.78, 5) is 39.9. The highest BCUT2D eigenvalue weighted by Crippen LogP contribution is 2.24. The van der Waals surface area contributed by atoms with E-state index in [2.05, 4.69) is 17.2 Å². The lowest BCUT2D eigenvalue weighted by molar-refractivity contribution is -0.142. The molecule has 0 aliphatic carbocycles. The van der Waals surface area contributed by atoms with Gasteiger partial charge in [0.15, 0.2) is 0 Å². The van der Waals surface area contributed by atoms with Crippen LogP contribution in [0.5, 0.6) is 0 Å². The number of alkyl carbamates (subject to hydrolysis) is 1. The van der Waals surface area contributed by atoms with Crippen molar-refractivity contribution in [3.05, 3.63) is 42.0 Å². The molecule has 2 atom stereocenters. The van der Waals surface area contributed by atoms with E-state index in [1.165, 1.54) is 11.8 Å². The van der Waals surface area contributed by atoms with E-state index in [1.54, 1.807) is 45.0 Å². The zero-order chi connectivity index (χ0) is 24.3. The van der Waals surface area contributed by atoms with E-state index in [4.69, 9.17) is 4.74 Å². The van der Waals surface area contributed by atoms with E-state index in [9.17, 15) is 19.5 Å². The molecule has 0 heterocycles. The lowest BCUT2D eigenvalue weighted by Gasteiger charge is -2.33. The summed E-state index contributed by atoms with van der Waals surface area (Å²) in [5, 5.41) is 15.0. The van der Waals surface area contributed by atoms with E-state index < -0.39 is 29.7 Å². The number of hydrogen-bond donors (Lipinski definition) is 3. The predicted molar refractivity (Wildman–Crippen MR) is 125 cm³/mol. The van der Waals surface area contributed by atoms with Crippen molar-refractivity contribution in [2.75, 3.05) is 19.7 Å². The number of ether oxygens (including phenoxy) is 1. The van der Waals surface area contributed by atoms with Gasteiger partial charge in [-0.1, -0.05) is 44.2 Å². The monoisotopic (exact) mass is 447 g/mol. The van der Waals surface area contributed by atoms with Crippen molar-refractivity contribution >= 4 is 24.0 Å². The number of unbranched alkanes of at least 4 members (excludes halogenated alkanes) is 1. The Hall–Kier alpha value is -2.87. The fourth-order valence-electron chi connectivity index (χ4n) is 3.08. The second-order valence-electron chi connectivity index (χ2n) is 8.54. The van der Waals surface area contributed by atoms with Gasteiger partial charge in [-0.15, -0.1) is 0 Å². The smallest absolute Gasteiger partial charge is 0.408 e. The Kier molecular flexibility index (Phi) is 10.9. The van der Waals surface area contributed by atoms with Gasteiger partial charge in [0, 0.05) is 13.1 Å². The minimum absolute atomic E-state index is 0.0800. The highest BCUT2D eigenvalue weighted by Gasteiger charge is 2.34. The molecule has 32 heavy (non-hydrogen) atoms. The number of carbonyl (C=O) groups excluding carboxylic acids is 3. The number of carbonyl (C=O) groups is 3. The van der Waals surface area contributed by atoms with Gasteiger partial charge in [-0.3, -0.25) is 9.59 Å². The predicted octanol–water partition coefficient (Wildman–Crippen LogP) is 3.02. The molecule has 3 amide bonds. The number of nitrogens with one attached hydrogen (secondary N) is 2. The number of rotatable bonds is 11. The number of aliphatic hydroxyl groups excluding tert-OH is 1. The fourth-order valence-corrected chi connectivity index (χ4v) is 3.08. The van der Waals surface area contributed by atoms with Crippen LogP contribution in [-0.4, -0.2) is 59.3 Å². The lowest BCUT2D eigenvalue weighted by Crippen LogP contribution is -2.52. The van der Waals surface area contributed by atoms with Crippen molar-refractivity contribution in [1.29, 1.82) is 0 Å². The molecule has 2 unspecified atom stereocenters. The molecular formula is C24H37N3O5. The van der Waals surface area contributed by atoms with Gasteiger partial charge in [-0.05, 0) is 51.3 Å². The van der Waals surface area contributed by atoms with Gasteiger partial charge in [0.1, 0.15) is 17.7 Å². The van der Waals surface area contributed by atoms with E-state index >= 15 is 0 Å². The van der Waals surface area contributed by atoms with Crippen LogP contribution in [0.4, 0.5) is 4.79 Å². The first-order chi connectivity index (χ1) is 15.0. The first-order valence-corrected chi connectivity index (χ1v) is 10.9. The van der Waals surface area contributed by atoms with Crippen molar-refractivity contribution in [2.24, 2.45) is 0 Å². The lowest BCUT2D eigenvalue weighted by atomic mass is 10.0. The second-order valence-corrected chi connectivity index (χ2v) is 8.54. The molecule has 1 rings (SSSR count). The number of amides is 3. The quantitative estimate of drug-likeness (QED) is 0.452. The number of nitrogens with zero attached hydrogens (tertiary/aromatic N) is 1. The molecule has 8 heteroatoms. The highest BCUT2D eigenvalue weighted by atomic mass is 16.6. The maximum atomic E-state index is 13.3. The standard InChI is InChI=1S/C24H37N3O5/c1-7-9-13-25-21(29)20(19-12-10-11-18(8-2)16-19)27(14-15-28)22(30)17(3)26-23(31)32-24(4,5)6/h8,10-12,16-17,20,28H,2,7,9,13-15H2,1,3-6H3,(H,25,29)(H,26,31). The van der Waals surface area contributed by atoms with Crippen LogP contribution in [0.15, 0.2) is 30.8 Å². The first kappa shape index (κ1) is 27.2. The molecule has 0 radical (unpaired) electrons. The van der Waals surface area contributed by atoms with Crippen LogP contribution in [0.25, 0.3) is 6.08 Å². The van der Waals surface area contributed by atoms with Crippen LogP contribution in [-0.2, 0) is 14.3 Å². The summed E-state index contributed by atoms with van der Waals surface area (Å²) < 4.78 is 5.23. The summed E-state index contributed by atoms with van der Waals surface area (Å²) in [6.07, 6.45) is 2.63. The normalized spacial score (nSPS) is 12.9. The molecule has 0 spiro atoms. The summed E-state index contributed by atoms with van der Waals surface area (Å²) in [7, 11) is 0. The molecule has 1 aromatic rings. The molecular weight excluding hydrogens is 410 g/mol. The summed E-state index contributed by atoms with van der Waals surface area (Å²) in [5.74, 6) is -0.865. The molecule has 178 valence electrons. The second kappa shape index (κ2) is 12.9. The van der Waals surface area contributed by atoms with Crippen molar-refractivity contribution in [1.82, 2.24) is 15.5 Å². The minimum Gasteiger partial charge on any atom is -0.444 e. The largest absolute Gasteiger partial charge is 0.444 e. The molecule has 0 aromatic heterocycles. The Bertz CT molecular complexity index is 788. The molecule has 0 aliphatic rings. The number of benzene rings is 1. The molecule has 0 saturated heterocycles. The van der Waals surface area contributed by atoms with Crippen LogP contribution in [0, 0.1) is 0 Å². The van der Waals surface area contributed by atoms with Gasteiger partial charge >= 0.3 is 6.09 Å². The molecule has 3 N–H and O–H groups in total. The fraction of sp³-hybridized carbons (Fsp3) is 0.542. The first-order valence-electron chi connectivity index (χ1n) is 10.9. The van der Waals surface area contributed by atoms with Crippen LogP contribution in [0.3, 0.4) is 0 Å². The summed E-state index contributed by atoms with van der Waals surface area (Å²) in [5.41, 5.74) is 0.664. The maximum absolute atomic E-state index is 13.3. The maximum Gasteiger partial charge on any atom is 0.408 e. The molecule has 0 aliphatic heterocycles. The average Bonchev–Trinajstić information content (AvgIpc) is 2.71. The van der Waals surface area contributed by atoms with E-state index in [0.717, 1.165) is 18.4 Å². The Balaban J connectivity index is 3.24. The van der Waals surface area contributed by atoms with Crippen LogP contribution in [0.1, 0.15) is 64.6 Å². The van der Waals surface area contributed by atoms with Gasteiger partial charge in [-0.2, -0.15) is 0 Å².